The second-order valence-corrected chi connectivity index (χ2v) is 2.89. The van der Waals surface area contributed by atoms with Crippen molar-refractivity contribution in [3.05, 3.63) is 12.2 Å². The second kappa shape index (κ2) is 8.88. The summed E-state index contributed by atoms with van der Waals surface area (Å²) in [4.78, 5) is 20.4. The van der Waals surface area contributed by atoms with Gasteiger partial charge in [0.15, 0.2) is 0 Å². The summed E-state index contributed by atoms with van der Waals surface area (Å²) in [6.07, 6.45) is 4.40. The van der Waals surface area contributed by atoms with Crippen LogP contribution in [0.5, 0.6) is 0 Å². The number of hydrogen-bond donors (Lipinski definition) is 2. The summed E-state index contributed by atoms with van der Waals surface area (Å²) in [6, 6.07) is 0. The molecule has 0 heterocycles. The summed E-state index contributed by atoms with van der Waals surface area (Å²) in [5.74, 6) is -2.05. The van der Waals surface area contributed by atoms with Gasteiger partial charge >= 0.3 is 11.9 Å². The van der Waals surface area contributed by atoms with Crippen molar-refractivity contribution in [2.75, 3.05) is 0 Å². The van der Waals surface area contributed by atoms with Gasteiger partial charge in [-0.05, 0) is 12.8 Å². The summed E-state index contributed by atoms with van der Waals surface area (Å²) in [5.41, 5.74) is 0. The fourth-order valence-corrected chi connectivity index (χ4v) is 0.772. The van der Waals surface area contributed by atoms with E-state index in [4.69, 9.17) is 10.2 Å². The summed E-state index contributed by atoms with van der Waals surface area (Å²) in [6.45, 7) is 1.63. The van der Waals surface area contributed by atoms with Crippen LogP contribution in [0.15, 0.2) is 12.2 Å². The maximum Gasteiger partial charge on any atom is 0.307 e. The Hall–Kier alpha value is -0.697. The molecule has 1 atom stereocenters. The third-order valence-corrected chi connectivity index (χ3v) is 1.65. The van der Waals surface area contributed by atoms with E-state index in [1.807, 2.05) is 0 Å². The predicted octanol–water partition coefficient (Wildman–Crippen LogP) is 1.52. The minimum absolute atomic E-state index is 0. The SMILES string of the molecule is CC(CCC=CCC(=O)O)C(=O)O.[Zn]. The number of rotatable bonds is 6. The molecule has 0 fully saturated rings. The molecule has 0 saturated heterocycles. The van der Waals surface area contributed by atoms with Crippen molar-refractivity contribution in [3.8, 4) is 0 Å². The Kier molecular flexibility index (Phi) is 10.00. The first-order valence-electron chi connectivity index (χ1n) is 4.13. The predicted molar refractivity (Wildman–Crippen MR) is 47.4 cm³/mol. The molecule has 0 aromatic rings. The van der Waals surface area contributed by atoms with Gasteiger partial charge in [0.25, 0.3) is 0 Å². The van der Waals surface area contributed by atoms with Gasteiger partial charge in [-0.15, -0.1) is 0 Å². The van der Waals surface area contributed by atoms with Gasteiger partial charge in [0.1, 0.15) is 0 Å². The Morgan fingerprint density at radius 3 is 2.29 bits per heavy atom. The van der Waals surface area contributed by atoms with E-state index in [-0.39, 0.29) is 31.8 Å². The van der Waals surface area contributed by atoms with Gasteiger partial charge in [-0.3, -0.25) is 9.59 Å². The van der Waals surface area contributed by atoms with E-state index in [0.29, 0.717) is 12.8 Å². The molecule has 14 heavy (non-hydrogen) atoms. The molecule has 0 spiro atoms. The van der Waals surface area contributed by atoms with E-state index in [1.54, 1.807) is 13.0 Å². The molecule has 0 saturated carbocycles. The second-order valence-electron chi connectivity index (χ2n) is 2.89. The maximum absolute atomic E-state index is 10.4. The fourth-order valence-electron chi connectivity index (χ4n) is 0.772. The maximum atomic E-state index is 10.4. The number of allylic oxidation sites excluding steroid dienone is 1. The largest absolute Gasteiger partial charge is 0.481 e. The van der Waals surface area contributed by atoms with Crippen molar-refractivity contribution in [1.82, 2.24) is 0 Å². The molecule has 0 amide bonds. The number of carbonyl (C=O) groups is 2. The summed E-state index contributed by atoms with van der Waals surface area (Å²) in [5, 5.41) is 16.8. The molecule has 0 rings (SSSR count). The van der Waals surface area contributed by atoms with Crippen LogP contribution in [0.2, 0.25) is 0 Å². The molecule has 76 valence electrons. The monoisotopic (exact) mass is 250 g/mol. The van der Waals surface area contributed by atoms with E-state index >= 15 is 0 Å². The molecule has 0 aliphatic rings. The van der Waals surface area contributed by atoms with Crippen LogP contribution in [0, 0.1) is 5.92 Å². The number of carboxylic acid groups (broad SMARTS) is 2. The molecule has 2 N–H and O–H groups in total. The van der Waals surface area contributed by atoms with E-state index in [1.165, 1.54) is 6.08 Å². The number of aliphatic carboxylic acids is 2. The standard InChI is InChI=1S/C9H14O4.Zn/c1-7(9(12)13)5-3-2-4-6-8(10)11;/h2,4,7H,3,5-6H2,1H3,(H,10,11)(H,12,13);. The van der Waals surface area contributed by atoms with Crippen molar-refractivity contribution in [2.24, 2.45) is 5.92 Å². The van der Waals surface area contributed by atoms with Crippen molar-refractivity contribution >= 4 is 11.9 Å². The molecule has 5 heteroatoms. The van der Waals surface area contributed by atoms with Crippen molar-refractivity contribution in [2.45, 2.75) is 26.2 Å². The van der Waals surface area contributed by atoms with Crippen LogP contribution < -0.4 is 0 Å². The Morgan fingerprint density at radius 1 is 1.29 bits per heavy atom. The van der Waals surface area contributed by atoms with Crippen LogP contribution in [0.4, 0.5) is 0 Å². The zero-order valence-corrected chi connectivity index (χ0v) is 11.2. The quantitative estimate of drug-likeness (QED) is 0.554. The summed E-state index contributed by atoms with van der Waals surface area (Å²) < 4.78 is 0. The Bertz CT molecular complexity index is 213. The molecule has 0 aromatic carbocycles. The zero-order valence-electron chi connectivity index (χ0n) is 8.27. The van der Waals surface area contributed by atoms with Crippen LogP contribution in [-0.4, -0.2) is 22.2 Å². The van der Waals surface area contributed by atoms with Crippen LogP contribution in [0.3, 0.4) is 0 Å². The van der Waals surface area contributed by atoms with Gasteiger partial charge in [0, 0.05) is 19.5 Å². The van der Waals surface area contributed by atoms with Crippen molar-refractivity contribution in [1.29, 1.82) is 0 Å². The Morgan fingerprint density at radius 2 is 1.86 bits per heavy atom. The fraction of sp³-hybridized carbons (Fsp3) is 0.556. The molecule has 4 nitrogen and oxygen atoms in total. The van der Waals surface area contributed by atoms with Gasteiger partial charge in [0.05, 0.1) is 12.3 Å². The van der Waals surface area contributed by atoms with Gasteiger partial charge in [-0.2, -0.15) is 0 Å². The van der Waals surface area contributed by atoms with Gasteiger partial charge in [-0.25, -0.2) is 0 Å². The van der Waals surface area contributed by atoms with Gasteiger partial charge in [0.2, 0.25) is 0 Å². The first-order chi connectivity index (χ1) is 6.04. The minimum atomic E-state index is -0.873. The molecule has 1 unspecified atom stereocenters. The smallest absolute Gasteiger partial charge is 0.307 e. The van der Waals surface area contributed by atoms with E-state index in [0.717, 1.165) is 0 Å². The molecule has 0 aliphatic carbocycles. The number of hydrogen-bond acceptors (Lipinski definition) is 2. The number of carboxylic acids is 2. The van der Waals surface area contributed by atoms with E-state index < -0.39 is 11.9 Å². The van der Waals surface area contributed by atoms with Crippen LogP contribution >= 0.6 is 0 Å². The average Bonchev–Trinajstić information content (AvgIpc) is 2.02. The first-order valence-corrected chi connectivity index (χ1v) is 4.13. The zero-order chi connectivity index (χ0) is 10.3. The van der Waals surface area contributed by atoms with E-state index in [2.05, 4.69) is 0 Å². The molecular formula is C9H14O4Zn. The van der Waals surface area contributed by atoms with Crippen molar-refractivity contribution < 1.29 is 39.3 Å². The van der Waals surface area contributed by atoms with Crippen LogP contribution in [0.25, 0.3) is 0 Å². The Balaban J connectivity index is 0. The van der Waals surface area contributed by atoms with Gasteiger partial charge < -0.3 is 10.2 Å². The third kappa shape index (κ3) is 9.39. The van der Waals surface area contributed by atoms with E-state index in [9.17, 15) is 9.59 Å². The van der Waals surface area contributed by atoms with Gasteiger partial charge in [-0.1, -0.05) is 19.1 Å². The Labute approximate surface area is 95.8 Å². The van der Waals surface area contributed by atoms with Crippen LogP contribution in [-0.2, 0) is 29.1 Å². The average molecular weight is 252 g/mol. The van der Waals surface area contributed by atoms with Crippen molar-refractivity contribution in [3.63, 3.8) is 0 Å². The summed E-state index contributed by atoms with van der Waals surface area (Å²) in [7, 11) is 0. The molecule has 0 bridgehead atoms. The van der Waals surface area contributed by atoms with Crippen LogP contribution in [0.1, 0.15) is 26.2 Å². The molecular weight excluding hydrogens is 237 g/mol. The summed E-state index contributed by atoms with van der Waals surface area (Å²) >= 11 is 0. The topological polar surface area (TPSA) is 74.6 Å². The minimum Gasteiger partial charge on any atom is -0.481 e. The molecule has 0 aliphatic heterocycles. The third-order valence-electron chi connectivity index (χ3n) is 1.65. The molecule has 0 radical (unpaired) electrons. The molecule has 0 aromatic heterocycles. The first kappa shape index (κ1) is 15.8. The normalized spacial score (nSPS) is 12.1.